The van der Waals surface area contributed by atoms with Crippen LogP contribution in [0.1, 0.15) is 53.9 Å². The maximum Gasteiger partial charge on any atom is 0.329 e. The molecular formula is C13H26N2O3. The predicted octanol–water partition coefficient (Wildman–Crippen LogP) is 2.46. The summed E-state index contributed by atoms with van der Waals surface area (Å²) in [5, 5.41) is 12.0. The van der Waals surface area contributed by atoms with E-state index < -0.39 is 11.5 Å². The average molecular weight is 258 g/mol. The van der Waals surface area contributed by atoms with Crippen LogP contribution in [0.3, 0.4) is 0 Å². The molecule has 0 aliphatic rings. The van der Waals surface area contributed by atoms with Gasteiger partial charge in [-0.3, -0.25) is 0 Å². The number of carboxylic acid groups (broad SMARTS) is 1. The summed E-state index contributed by atoms with van der Waals surface area (Å²) in [6, 6.07) is -0.233. The van der Waals surface area contributed by atoms with E-state index in [2.05, 4.69) is 5.32 Å². The van der Waals surface area contributed by atoms with Gasteiger partial charge in [0.25, 0.3) is 0 Å². The van der Waals surface area contributed by atoms with Crippen molar-refractivity contribution in [2.75, 3.05) is 6.54 Å². The van der Waals surface area contributed by atoms with Gasteiger partial charge >= 0.3 is 12.0 Å². The molecule has 18 heavy (non-hydrogen) atoms. The van der Waals surface area contributed by atoms with Gasteiger partial charge in [-0.2, -0.15) is 0 Å². The van der Waals surface area contributed by atoms with Crippen LogP contribution in [0, 0.1) is 0 Å². The molecule has 0 aromatic heterocycles. The third kappa shape index (κ3) is 3.89. The number of amides is 2. The predicted molar refractivity (Wildman–Crippen MR) is 71.6 cm³/mol. The number of carboxylic acids is 1. The van der Waals surface area contributed by atoms with Crippen LogP contribution >= 0.6 is 0 Å². The van der Waals surface area contributed by atoms with Gasteiger partial charge in [-0.15, -0.1) is 0 Å². The second kappa shape index (κ2) is 7.24. The van der Waals surface area contributed by atoms with Crippen LogP contribution in [0.5, 0.6) is 0 Å². The van der Waals surface area contributed by atoms with E-state index >= 15 is 0 Å². The first-order chi connectivity index (χ1) is 8.34. The third-order valence-corrected chi connectivity index (χ3v) is 3.31. The number of hydrogen-bond acceptors (Lipinski definition) is 2. The lowest BCUT2D eigenvalue weighted by Gasteiger charge is -2.33. The standard InChI is InChI=1S/C13H26N2O3/c1-6-9-15(10(4)5)12(18)14-13(7-2,8-3)11(16)17/h10H,6-9H2,1-5H3,(H,14,18)(H,16,17). The molecule has 0 saturated carbocycles. The number of nitrogens with one attached hydrogen (secondary N) is 1. The molecule has 0 spiro atoms. The summed E-state index contributed by atoms with van der Waals surface area (Å²) in [4.78, 5) is 25.2. The molecule has 0 aliphatic heterocycles. The van der Waals surface area contributed by atoms with Crippen LogP contribution < -0.4 is 5.32 Å². The highest BCUT2D eigenvalue weighted by molar-refractivity contribution is 5.86. The number of carbonyl (C=O) groups is 2. The molecule has 5 heteroatoms. The van der Waals surface area contributed by atoms with Crippen molar-refractivity contribution in [3.05, 3.63) is 0 Å². The van der Waals surface area contributed by atoms with Gasteiger partial charge in [0.15, 0.2) is 0 Å². The number of carbonyl (C=O) groups excluding carboxylic acids is 1. The first-order valence-corrected chi connectivity index (χ1v) is 6.66. The van der Waals surface area contributed by atoms with Crippen LogP contribution in [0.15, 0.2) is 0 Å². The van der Waals surface area contributed by atoms with Crippen LogP contribution in [0.2, 0.25) is 0 Å². The van der Waals surface area contributed by atoms with E-state index in [-0.39, 0.29) is 12.1 Å². The summed E-state index contributed by atoms with van der Waals surface area (Å²) in [5.41, 5.74) is -1.15. The van der Waals surface area contributed by atoms with Gasteiger partial charge in [0.2, 0.25) is 0 Å². The SMILES string of the molecule is CCCN(C(=O)NC(CC)(CC)C(=O)O)C(C)C. The van der Waals surface area contributed by atoms with Crippen molar-refractivity contribution in [2.45, 2.75) is 65.5 Å². The molecule has 0 aromatic carbocycles. The van der Waals surface area contributed by atoms with Crippen LogP contribution in [-0.2, 0) is 4.79 Å². The van der Waals surface area contributed by atoms with E-state index in [0.717, 1.165) is 6.42 Å². The van der Waals surface area contributed by atoms with Gasteiger partial charge in [0.1, 0.15) is 5.54 Å². The summed E-state index contributed by atoms with van der Waals surface area (Å²) in [6.45, 7) is 10.0. The van der Waals surface area contributed by atoms with Crippen LogP contribution in [0.25, 0.3) is 0 Å². The van der Waals surface area contributed by atoms with Gasteiger partial charge in [0, 0.05) is 12.6 Å². The Morgan fingerprint density at radius 2 is 1.72 bits per heavy atom. The van der Waals surface area contributed by atoms with E-state index in [1.54, 1.807) is 18.7 Å². The number of hydrogen-bond donors (Lipinski definition) is 2. The van der Waals surface area contributed by atoms with Gasteiger partial charge < -0.3 is 15.3 Å². The summed E-state index contributed by atoms with van der Waals surface area (Å²) in [6.07, 6.45) is 1.61. The Balaban J connectivity index is 4.92. The summed E-state index contributed by atoms with van der Waals surface area (Å²) < 4.78 is 0. The Morgan fingerprint density at radius 1 is 1.22 bits per heavy atom. The second-order valence-electron chi connectivity index (χ2n) is 4.81. The maximum absolute atomic E-state index is 12.2. The van der Waals surface area contributed by atoms with E-state index in [1.165, 1.54) is 0 Å². The van der Waals surface area contributed by atoms with Crippen molar-refractivity contribution < 1.29 is 14.7 Å². The smallest absolute Gasteiger partial charge is 0.329 e. The lowest BCUT2D eigenvalue weighted by Crippen LogP contribution is -2.58. The normalized spacial score (nSPS) is 11.4. The highest BCUT2D eigenvalue weighted by atomic mass is 16.4. The average Bonchev–Trinajstić information content (AvgIpc) is 2.31. The Hall–Kier alpha value is -1.26. The van der Waals surface area contributed by atoms with E-state index in [9.17, 15) is 14.7 Å². The van der Waals surface area contributed by atoms with E-state index in [0.29, 0.717) is 19.4 Å². The monoisotopic (exact) mass is 258 g/mol. The van der Waals surface area contributed by atoms with Gasteiger partial charge in [-0.25, -0.2) is 9.59 Å². The lowest BCUT2D eigenvalue weighted by molar-refractivity contribution is -0.144. The van der Waals surface area contributed by atoms with Crippen molar-refractivity contribution >= 4 is 12.0 Å². The van der Waals surface area contributed by atoms with Gasteiger partial charge in [0.05, 0.1) is 0 Å². The zero-order valence-corrected chi connectivity index (χ0v) is 12.1. The minimum atomic E-state index is -1.15. The highest BCUT2D eigenvalue weighted by Crippen LogP contribution is 2.16. The molecule has 5 nitrogen and oxygen atoms in total. The molecule has 2 amide bonds. The molecule has 0 heterocycles. The number of rotatable bonds is 7. The van der Waals surface area contributed by atoms with E-state index in [4.69, 9.17) is 0 Å². The zero-order chi connectivity index (χ0) is 14.3. The van der Waals surface area contributed by atoms with Gasteiger partial charge in [-0.1, -0.05) is 20.8 Å². The molecule has 0 atom stereocenters. The molecule has 0 radical (unpaired) electrons. The largest absolute Gasteiger partial charge is 0.480 e. The Labute approximate surface area is 110 Å². The zero-order valence-electron chi connectivity index (χ0n) is 12.1. The fraction of sp³-hybridized carbons (Fsp3) is 0.846. The van der Waals surface area contributed by atoms with Crippen molar-refractivity contribution in [1.82, 2.24) is 10.2 Å². The van der Waals surface area contributed by atoms with Crippen molar-refractivity contribution in [3.63, 3.8) is 0 Å². The molecule has 0 aliphatic carbocycles. The minimum Gasteiger partial charge on any atom is -0.480 e. The highest BCUT2D eigenvalue weighted by Gasteiger charge is 2.37. The van der Waals surface area contributed by atoms with Crippen LogP contribution in [-0.4, -0.2) is 40.1 Å². The first kappa shape index (κ1) is 16.7. The molecule has 0 unspecified atom stereocenters. The summed E-state index contributed by atoms with van der Waals surface area (Å²) in [7, 11) is 0. The Morgan fingerprint density at radius 3 is 2.00 bits per heavy atom. The fourth-order valence-electron chi connectivity index (χ4n) is 1.89. The number of nitrogens with zero attached hydrogens (tertiary/aromatic N) is 1. The minimum absolute atomic E-state index is 0.0603. The molecular weight excluding hydrogens is 232 g/mol. The van der Waals surface area contributed by atoms with Gasteiger partial charge in [-0.05, 0) is 33.1 Å². The molecule has 2 N–H and O–H groups in total. The molecule has 0 aromatic rings. The third-order valence-electron chi connectivity index (χ3n) is 3.31. The Bertz CT molecular complexity index is 286. The summed E-state index contributed by atoms with van der Waals surface area (Å²) in [5.74, 6) is -0.971. The second-order valence-corrected chi connectivity index (χ2v) is 4.81. The molecule has 0 fully saturated rings. The van der Waals surface area contributed by atoms with Crippen molar-refractivity contribution in [3.8, 4) is 0 Å². The fourth-order valence-corrected chi connectivity index (χ4v) is 1.89. The van der Waals surface area contributed by atoms with Crippen molar-refractivity contribution in [1.29, 1.82) is 0 Å². The van der Waals surface area contributed by atoms with Crippen molar-refractivity contribution in [2.24, 2.45) is 0 Å². The van der Waals surface area contributed by atoms with E-state index in [1.807, 2.05) is 20.8 Å². The number of aliphatic carboxylic acids is 1. The molecule has 0 saturated heterocycles. The first-order valence-electron chi connectivity index (χ1n) is 6.66. The molecule has 106 valence electrons. The lowest BCUT2D eigenvalue weighted by atomic mass is 9.93. The topological polar surface area (TPSA) is 69.6 Å². The summed E-state index contributed by atoms with van der Waals surface area (Å²) >= 11 is 0. The maximum atomic E-state index is 12.2. The Kier molecular flexibility index (Phi) is 6.73. The quantitative estimate of drug-likeness (QED) is 0.737. The molecule has 0 bridgehead atoms. The van der Waals surface area contributed by atoms with Crippen LogP contribution in [0.4, 0.5) is 4.79 Å². The number of urea groups is 1. The molecule has 0 rings (SSSR count).